The number of hydrogen-bond acceptors (Lipinski definition) is 6. The summed E-state index contributed by atoms with van der Waals surface area (Å²) in [7, 11) is -7.38. The largest absolute Gasteiger partial charge is 0.335 e. The second kappa shape index (κ2) is 12.4. The van der Waals surface area contributed by atoms with E-state index in [4.69, 9.17) is 0 Å². The van der Waals surface area contributed by atoms with Crippen LogP contribution in [0.3, 0.4) is 0 Å². The van der Waals surface area contributed by atoms with Crippen molar-refractivity contribution in [3.05, 3.63) is 58.7 Å². The lowest BCUT2D eigenvalue weighted by Gasteiger charge is -2.35. The molecule has 0 radical (unpaired) electrons. The first-order chi connectivity index (χ1) is 20.0. The molecule has 0 bridgehead atoms. The summed E-state index contributed by atoms with van der Waals surface area (Å²) in [6, 6.07) is 9.63. The monoisotopic (exact) mass is 616 g/mol. The van der Waals surface area contributed by atoms with Gasteiger partial charge in [0, 0.05) is 63.5 Å². The second-order valence-electron chi connectivity index (χ2n) is 11.5. The van der Waals surface area contributed by atoms with Crippen molar-refractivity contribution in [3.8, 4) is 0 Å². The smallest absolute Gasteiger partial charge is 0.254 e. The molecule has 2 aromatic carbocycles. The fourth-order valence-electron chi connectivity index (χ4n) is 5.99. The third-order valence-electron chi connectivity index (χ3n) is 8.59. The predicted molar refractivity (Wildman–Crippen MR) is 159 cm³/mol. The molecule has 12 heteroatoms. The fraction of sp³-hybridized carbons (Fsp3) is 0.533. The van der Waals surface area contributed by atoms with Crippen molar-refractivity contribution in [2.75, 3.05) is 52.4 Å². The highest BCUT2D eigenvalue weighted by molar-refractivity contribution is 7.89. The Morgan fingerprint density at radius 1 is 0.524 bits per heavy atom. The Labute approximate surface area is 249 Å². The molecule has 3 saturated heterocycles. The van der Waals surface area contributed by atoms with Gasteiger partial charge in [-0.15, -0.1) is 0 Å². The summed E-state index contributed by atoms with van der Waals surface area (Å²) in [5.74, 6) is -0.551. The van der Waals surface area contributed by atoms with E-state index in [2.05, 4.69) is 0 Å². The quantitative estimate of drug-likeness (QED) is 0.492. The molecule has 0 aromatic heterocycles. The summed E-state index contributed by atoms with van der Waals surface area (Å²) in [5, 5.41) is 0. The average molecular weight is 617 g/mol. The molecule has 5 rings (SSSR count). The molecule has 228 valence electrons. The minimum Gasteiger partial charge on any atom is -0.335 e. The number of piperazine rings is 1. The third kappa shape index (κ3) is 6.13. The van der Waals surface area contributed by atoms with E-state index < -0.39 is 20.0 Å². The molecule has 3 aliphatic rings. The van der Waals surface area contributed by atoms with E-state index in [1.54, 1.807) is 47.9 Å². The number of carbonyl (C=O) groups is 2. The van der Waals surface area contributed by atoms with Crippen molar-refractivity contribution in [1.29, 1.82) is 0 Å². The van der Waals surface area contributed by atoms with Crippen molar-refractivity contribution in [2.45, 2.75) is 62.2 Å². The first-order valence-electron chi connectivity index (χ1n) is 14.8. The average Bonchev–Trinajstić information content (AvgIpc) is 3.01. The van der Waals surface area contributed by atoms with Crippen molar-refractivity contribution in [3.63, 3.8) is 0 Å². The number of hydrogen-bond donors (Lipinski definition) is 0. The lowest BCUT2D eigenvalue weighted by atomic mass is 10.1. The van der Waals surface area contributed by atoms with Crippen molar-refractivity contribution < 1.29 is 26.4 Å². The molecule has 2 amide bonds. The van der Waals surface area contributed by atoms with Crippen LogP contribution in [0.25, 0.3) is 0 Å². The Morgan fingerprint density at radius 3 is 1.19 bits per heavy atom. The summed E-state index contributed by atoms with van der Waals surface area (Å²) < 4.78 is 56.3. The van der Waals surface area contributed by atoms with Crippen LogP contribution in [0.1, 0.15) is 70.4 Å². The molecule has 2 aromatic rings. The van der Waals surface area contributed by atoms with Gasteiger partial charge in [0.2, 0.25) is 20.0 Å². The van der Waals surface area contributed by atoms with E-state index in [-0.39, 0.29) is 47.8 Å². The Kier molecular flexibility index (Phi) is 9.08. The number of carbonyl (C=O) groups excluding carboxylic acids is 2. The molecule has 0 unspecified atom stereocenters. The normalized spacial score (nSPS) is 19.6. The van der Waals surface area contributed by atoms with Crippen LogP contribution in [0.2, 0.25) is 0 Å². The maximum absolute atomic E-state index is 13.4. The first-order valence-corrected chi connectivity index (χ1v) is 17.7. The summed E-state index contributed by atoms with van der Waals surface area (Å²) in [6.45, 7) is 6.59. The number of piperidine rings is 2. The summed E-state index contributed by atoms with van der Waals surface area (Å²) >= 11 is 0. The van der Waals surface area contributed by atoms with Gasteiger partial charge in [-0.3, -0.25) is 9.59 Å². The Bertz CT molecular complexity index is 1440. The van der Waals surface area contributed by atoms with Crippen LogP contribution in [0.4, 0.5) is 0 Å². The maximum Gasteiger partial charge on any atom is 0.254 e. The highest BCUT2D eigenvalue weighted by atomic mass is 32.2. The molecule has 3 heterocycles. The first kappa shape index (κ1) is 30.7. The van der Waals surface area contributed by atoms with E-state index >= 15 is 0 Å². The molecule has 0 saturated carbocycles. The molecule has 0 spiro atoms. The van der Waals surface area contributed by atoms with Gasteiger partial charge in [0.1, 0.15) is 0 Å². The van der Waals surface area contributed by atoms with Crippen molar-refractivity contribution in [1.82, 2.24) is 18.4 Å². The Balaban J connectivity index is 1.27. The molecule has 0 atom stereocenters. The molecule has 3 aliphatic heterocycles. The number of sulfonamides is 2. The zero-order valence-corrected chi connectivity index (χ0v) is 26.1. The van der Waals surface area contributed by atoms with Gasteiger partial charge in [-0.1, -0.05) is 25.0 Å². The van der Waals surface area contributed by atoms with Crippen LogP contribution in [-0.2, 0) is 20.0 Å². The molecule has 0 N–H and O–H groups in total. The van der Waals surface area contributed by atoms with Gasteiger partial charge in [0.25, 0.3) is 11.8 Å². The van der Waals surface area contributed by atoms with E-state index in [9.17, 15) is 26.4 Å². The van der Waals surface area contributed by atoms with Gasteiger partial charge in [-0.05, 0) is 74.9 Å². The van der Waals surface area contributed by atoms with Crippen LogP contribution in [-0.4, -0.2) is 99.4 Å². The minimum atomic E-state index is -3.69. The topological polar surface area (TPSA) is 115 Å². The highest BCUT2D eigenvalue weighted by Crippen LogP contribution is 2.27. The van der Waals surface area contributed by atoms with Crippen LogP contribution in [0.15, 0.2) is 46.2 Å². The lowest BCUT2D eigenvalue weighted by molar-refractivity contribution is 0.0535. The van der Waals surface area contributed by atoms with Crippen LogP contribution >= 0.6 is 0 Å². The number of amides is 2. The molecule has 3 fully saturated rings. The van der Waals surface area contributed by atoms with E-state index in [1.165, 1.54) is 20.7 Å². The molecule has 10 nitrogen and oxygen atoms in total. The highest BCUT2D eigenvalue weighted by Gasteiger charge is 2.32. The summed E-state index contributed by atoms with van der Waals surface area (Å²) in [5.41, 5.74) is 1.82. The van der Waals surface area contributed by atoms with Gasteiger partial charge in [-0.25, -0.2) is 16.8 Å². The summed E-state index contributed by atoms with van der Waals surface area (Å²) in [4.78, 5) is 30.4. The second-order valence-corrected chi connectivity index (χ2v) is 15.3. The van der Waals surface area contributed by atoms with E-state index in [0.717, 1.165) is 38.5 Å². The molecule has 42 heavy (non-hydrogen) atoms. The van der Waals surface area contributed by atoms with Crippen molar-refractivity contribution >= 4 is 31.9 Å². The van der Waals surface area contributed by atoms with E-state index in [0.29, 0.717) is 48.4 Å². The number of aryl methyl sites for hydroxylation is 2. The predicted octanol–water partition coefficient (Wildman–Crippen LogP) is 3.25. The Morgan fingerprint density at radius 2 is 0.857 bits per heavy atom. The zero-order chi connectivity index (χ0) is 30.1. The lowest BCUT2D eigenvalue weighted by Crippen LogP contribution is -2.50. The fourth-order valence-corrected chi connectivity index (χ4v) is 9.52. The number of nitrogens with zero attached hydrogens (tertiary/aromatic N) is 4. The van der Waals surface area contributed by atoms with Gasteiger partial charge < -0.3 is 9.80 Å². The van der Waals surface area contributed by atoms with E-state index in [1.807, 2.05) is 0 Å². The van der Waals surface area contributed by atoms with Crippen LogP contribution in [0.5, 0.6) is 0 Å². The van der Waals surface area contributed by atoms with Gasteiger partial charge >= 0.3 is 0 Å². The number of benzene rings is 2. The van der Waals surface area contributed by atoms with Gasteiger partial charge in [0.15, 0.2) is 0 Å². The third-order valence-corrected chi connectivity index (χ3v) is 12.7. The van der Waals surface area contributed by atoms with Gasteiger partial charge in [0.05, 0.1) is 9.79 Å². The van der Waals surface area contributed by atoms with Crippen LogP contribution < -0.4 is 0 Å². The molecule has 0 aliphatic carbocycles. The molecular formula is C30H40N4O6S2. The Hall–Kier alpha value is -2.80. The molecular weight excluding hydrogens is 576 g/mol. The number of rotatable bonds is 6. The van der Waals surface area contributed by atoms with Crippen molar-refractivity contribution in [2.24, 2.45) is 0 Å². The summed E-state index contributed by atoms with van der Waals surface area (Å²) in [6.07, 6.45) is 5.35. The minimum absolute atomic E-state index is 0.166. The maximum atomic E-state index is 13.4. The zero-order valence-electron chi connectivity index (χ0n) is 24.4. The van der Waals surface area contributed by atoms with Crippen LogP contribution in [0, 0.1) is 13.8 Å². The standard InChI is InChI=1S/C30H40N4O6S2/c1-23-9-11-25(21-27(23)41(37,38)33-13-5-3-6-14-33)29(35)31-17-19-32(20-18-31)30(36)26-12-10-24(2)28(22-26)42(39,40)34-15-7-4-8-16-34/h9-12,21-22H,3-8,13-20H2,1-2H3. The van der Waals surface area contributed by atoms with Gasteiger partial charge in [-0.2, -0.15) is 8.61 Å². The SMILES string of the molecule is Cc1ccc(C(=O)N2CCN(C(=O)c3ccc(C)c(S(=O)(=O)N4CCCCC4)c3)CC2)cc1S(=O)(=O)N1CCCCC1.